The van der Waals surface area contributed by atoms with Crippen LogP contribution >= 0.6 is 0 Å². The Kier molecular flexibility index (Phi) is 4.27. The Morgan fingerprint density at radius 1 is 0.950 bits per heavy atom. The van der Waals surface area contributed by atoms with Gasteiger partial charge in [0.05, 0.1) is 5.69 Å². The van der Waals surface area contributed by atoms with Crippen molar-refractivity contribution in [2.75, 3.05) is 5.06 Å². The molecule has 0 atom stereocenters. The molecule has 1 rings (SSSR count). The minimum atomic E-state index is -6.55. The van der Waals surface area contributed by atoms with Crippen LogP contribution in [0.5, 0.6) is 0 Å². The van der Waals surface area contributed by atoms with E-state index in [1.54, 1.807) is 0 Å². The molecule has 0 aliphatic rings. The van der Waals surface area contributed by atoms with E-state index in [2.05, 4.69) is 4.84 Å². The van der Waals surface area contributed by atoms with Crippen molar-refractivity contribution in [3.8, 4) is 0 Å². The molecule has 0 saturated heterocycles. The molecular weight excluding hydrogens is 299 g/mol. The van der Waals surface area contributed by atoms with Crippen molar-refractivity contribution in [1.29, 1.82) is 0 Å². The topological polar surface area (TPSA) is 29.5 Å². The Morgan fingerprint density at radius 2 is 1.45 bits per heavy atom. The summed E-state index contributed by atoms with van der Waals surface area (Å²) in [4.78, 5) is 13.5. The fourth-order valence-corrected chi connectivity index (χ4v) is 1.02. The van der Waals surface area contributed by atoms with Gasteiger partial charge in [0.2, 0.25) is 0 Å². The van der Waals surface area contributed by atoms with Crippen LogP contribution in [0, 0.1) is 0 Å². The number of nitrogens with zero attached hydrogens (tertiary/aromatic N) is 1. The maximum absolute atomic E-state index is 12.9. The van der Waals surface area contributed by atoms with E-state index in [1.165, 1.54) is 18.2 Å². The molecule has 0 bridgehead atoms. The molecule has 3 nitrogen and oxygen atoms in total. The highest BCUT2D eigenvalue weighted by Crippen LogP contribution is 2.47. The first kappa shape index (κ1) is 16.2. The van der Waals surface area contributed by atoms with E-state index in [0.717, 1.165) is 12.1 Å². The minimum absolute atomic E-state index is 0.500. The number of halogens is 7. The summed E-state index contributed by atoms with van der Waals surface area (Å²) in [6.45, 7) is 0. The van der Waals surface area contributed by atoms with Crippen LogP contribution in [0.3, 0.4) is 0 Å². The van der Waals surface area contributed by atoms with Gasteiger partial charge >= 0.3 is 24.6 Å². The van der Waals surface area contributed by atoms with Crippen LogP contribution in [0.1, 0.15) is 0 Å². The molecule has 1 aromatic rings. The maximum Gasteiger partial charge on any atom is 0.462 e. The highest BCUT2D eigenvalue weighted by molar-refractivity contribution is 5.72. The van der Waals surface area contributed by atoms with Crippen LogP contribution in [-0.4, -0.2) is 24.6 Å². The Hall–Kier alpha value is -1.84. The number of rotatable bonds is 5. The summed E-state index contributed by atoms with van der Waals surface area (Å²) in [5.74, 6) is -6.48. The normalized spacial score (nSPS) is 13.2. The van der Waals surface area contributed by atoms with Crippen LogP contribution in [0.15, 0.2) is 30.3 Å². The highest BCUT2D eigenvalue weighted by Gasteiger charge is 2.75. The number of hydroxylamine groups is 1. The molecule has 0 N–H and O–H groups in total. The van der Waals surface area contributed by atoms with Gasteiger partial charge in [-0.1, -0.05) is 18.2 Å². The molecular formula is C10H5F7NO2. The number of carbonyl (C=O) groups excluding carboxylic acids is 1. The lowest BCUT2D eigenvalue weighted by molar-refractivity contribution is -0.423. The Labute approximate surface area is 107 Å². The van der Waals surface area contributed by atoms with E-state index in [9.17, 15) is 35.5 Å². The summed E-state index contributed by atoms with van der Waals surface area (Å²) in [5, 5.41) is -0.542. The van der Waals surface area contributed by atoms with Gasteiger partial charge in [-0.25, -0.2) is 0 Å². The third-order valence-corrected chi connectivity index (χ3v) is 2.00. The molecule has 1 aromatic carbocycles. The highest BCUT2D eigenvalue weighted by atomic mass is 19.4. The van der Waals surface area contributed by atoms with E-state index in [-0.39, 0.29) is 0 Å². The van der Waals surface area contributed by atoms with Crippen molar-refractivity contribution in [3.63, 3.8) is 0 Å². The van der Waals surface area contributed by atoms with Crippen molar-refractivity contribution < 1.29 is 40.4 Å². The molecule has 1 radical (unpaired) electrons. The number of para-hydroxylation sites is 1. The summed E-state index contributed by atoms with van der Waals surface area (Å²) < 4.78 is 86.5. The van der Waals surface area contributed by atoms with Gasteiger partial charge in [-0.2, -0.15) is 40.6 Å². The molecule has 20 heavy (non-hydrogen) atoms. The molecule has 0 fully saturated rings. The second-order valence-corrected chi connectivity index (χ2v) is 3.40. The smallest absolute Gasteiger partial charge is 0.261 e. The van der Waals surface area contributed by atoms with Crippen LogP contribution in [-0.2, 0) is 9.63 Å². The standard InChI is InChI=1S/C10H5F7NO2/c11-8(12,9(13,14)15)10(16,17)20-18(6-19)7-4-2-1-3-5-7/h1-5H. The quantitative estimate of drug-likeness (QED) is 0.474. The third-order valence-electron chi connectivity index (χ3n) is 2.00. The number of hydrogen-bond donors (Lipinski definition) is 0. The van der Waals surface area contributed by atoms with E-state index < -0.39 is 29.0 Å². The van der Waals surface area contributed by atoms with E-state index in [1.807, 2.05) is 0 Å². The third kappa shape index (κ3) is 3.00. The summed E-state index contributed by atoms with van der Waals surface area (Å²) in [5.41, 5.74) is -0.500. The van der Waals surface area contributed by atoms with Gasteiger partial charge in [0.25, 0.3) is 0 Å². The number of benzene rings is 1. The molecule has 111 valence electrons. The monoisotopic (exact) mass is 304 g/mol. The first-order valence-electron chi connectivity index (χ1n) is 4.77. The molecule has 10 heteroatoms. The molecule has 0 spiro atoms. The Morgan fingerprint density at radius 3 is 1.85 bits per heavy atom. The van der Waals surface area contributed by atoms with Crippen LogP contribution in [0.25, 0.3) is 0 Å². The zero-order valence-corrected chi connectivity index (χ0v) is 9.30. The molecule has 0 aliphatic carbocycles. The van der Waals surface area contributed by atoms with Crippen molar-refractivity contribution >= 4 is 12.1 Å². The second kappa shape index (κ2) is 5.27. The van der Waals surface area contributed by atoms with Gasteiger partial charge in [-0.15, -0.1) is 0 Å². The average Bonchev–Trinajstić information content (AvgIpc) is 2.35. The van der Waals surface area contributed by atoms with Gasteiger partial charge in [-0.05, 0) is 12.1 Å². The van der Waals surface area contributed by atoms with Crippen molar-refractivity contribution in [1.82, 2.24) is 0 Å². The lowest BCUT2D eigenvalue weighted by Crippen LogP contribution is -2.55. The largest absolute Gasteiger partial charge is 0.462 e. The summed E-state index contributed by atoms with van der Waals surface area (Å²) in [6.07, 6.45) is -11.9. The minimum Gasteiger partial charge on any atom is -0.261 e. The zero-order chi connectivity index (χ0) is 15.6. The lowest BCUT2D eigenvalue weighted by Gasteiger charge is -2.29. The first-order valence-corrected chi connectivity index (χ1v) is 4.77. The Bertz CT molecular complexity index is 460. The summed E-state index contributed by atoms with van der Waals surface area (Å²) in [7, 11) is 0. The van der Waals surface area contributed by atoms with E-state index >= 15 is 0 Å². The van der Waals surface area contributed by atoms with E-state index in [4.69, 9.17) is 0 Å². The number of hydrogen-bond acceptors (Lipinski definition) is 2. The summed E-state index contributed by atoms with van der Waals surface area (Å²) in [6, 6.07) is 5.74. The Balaban J connectivity index is 3.03. The maximum atomic E-state index is 12.9. The average molecular weight is 304 g/mol. The van der Waals surface area contributed by atoms with Gasteiger partial charge in [0, 0.05) is 0 Å². The molecule has 0 aromatic heterocycles. The van der Waals surface area contributed by atoms with Crippen LogP contribution < -0.4 is 5.06 Å². The van der Waals surface area contributed by atoms with Crippen molar-refractivity contribution in [3.05, 3.63) is 30.3 Å². The lowest BCUT2D eigenvalue weighted by atomic mass is 10.3. The van der Waals surface area contributed by atoms with Gasteiger partial charge in [0.15, 0.2) is 0 Å². The molecule has 1 amide bonds. The van der Waals surface area contributed by atoms with Crippen molar-refractivity contribution in [2.45, 2.75) is 18.2 Å². The number of alkyl halides is 7. The number of anilines is 1. The second-order valence-electron chi connectivity index (χ2n) is 3.40. The zero-order valence-electron chi connectivity index (χ0n) is 9.30. The van der Waals surface area contributed by atoms with E-state index in [0.29, 0.717) is 6.41 Å². The van der Waals surface area contributed by atoms with Gasteiger partial charge in [0.1, 0.15) is 0 Å². The molecule has 0 heterocycles. The number of amides is 1. The predicted molar refractivity (Wildman–Crippen MR) is 51.6 cm³/mol. The first-order chi connectivity index (χ1) is 9.03. The predicted octanol–water partition coefficient (Wildman–Crippen LogP) is 3.28. The SMILES string of the molecule is O=[C]N(OC(F)(F)C(F)(F)C(F)(F)F)c1ccccc1. The molecule has 0 aliphatic heterocycles. The van der Waals surface area contributed by atoms with Gasteiger partial charge in [-0.3, -0.25) is 4.79 Å². The fraction of sp³-hybridized carbons (Fsp3) is 0.300. The molecule has 0 saturated carbocycles. The fourth-order valence-electron chi connectivity index (χ4n) is 1.02. The van der Waals surface area contributed by atoms with Crippen LogP contribution in [0.4, 0.5) is 36.4 Å². The van der Waals surface area contributed by atoms with Crippen molar-refractivity contribution in [2.24, 2.45) is 0 Å². The summed E-state index contributed by atoms with van der Waals surface area (Å²) >= 11 is 0. The van der Waals surface area contributed by atoms with Crippen LogP contribution in [0.2, 0.25) is 0 Å². The van der Waals surface area contributed by atoms with Gasteiger partial charge < -0.3 is 0 Å². The molecule has 0 unspecified atom stereocenters.